The van der Waals surface area contributed by atoms with Crippen LogP contribution in [0, 0.1) is 20.8 Å². The summed E-state index contributed by atoms with van der Waals surface area (Å²) in [4.78, 5) is 21.0. The minimum Gasteiger partial charge on any atom is -0.465 e. The Hall–Kier alpha value is -1.14. The highest BCUT2D eigenvalue weighted by molar-refractivity contribution is 7.99. The molecule has 21 heavy (non-hydrogen) atoms. The predicted molar refractivity (Wildman–Crippen MR) is 83.3 cm³/mol. The maximum atomic E-state index is 11.9. The Morgan fingerprint density at radius 1 is 1.38 bits per heavy atom. The van der Waals surface area contributed by atoms with Crippen LogP contribution in [-0.4, -0.2) is 33.3 Å². The van der Waals surface area contributed by atoms with Crippen LogP contribution >= 0.6 is 11.8 Å². The van der Waals surface area contributed by atoms with Crippen molar-refractivity contribution < 1.29 is 9.53 Å². The smallest absolute Gasteiger partial charge is 0.326 e. The Balaban J connectivity index is 2.04. The van der Waals surface area contributed by atoms with Gasteiger partial charge in [-0.3, -0.25) is 4.79 Å². The second-order valence-corrected chi connectivity index (χ2v) is 6.93. The van der Waals surface area contributed by atoms with Crippen LogP contribution in [0.3, 0.4) is 0 Å². The fraction of sp³-hybridized carbons (Fsp3) is 0.667. The lowest BCUT2D eigenvalue weighted by Gasteiger charge is -2.21. The molecule has 0 saturated heterocycles. The first-order valence-electron chi connectivity index (χ1n) is 7.30. The molecule has 0 bridgehead atoms. The first-order valence-corrected chi connectivity index (χ1v) is 8.18. The Kier molecular flexibility index (Phi) is 4.88. The van der Waals surface area contributed by atoms with Gasteiger partial charge in [0, 0.05) is 16.6 Å². The molecule has 2 unspecified atom stereocenters. The van der Waals surface area contributed by atoms with E-state index in [2.05, 4.69) is 9.97 Å². The lowest BCUT2D eigenvalue weighted by atomic mass is 10.00. The molecule has 2 rings (SSSR count). The molecular weight excluding hydrogens is 286 g/mol. The SMILES string of the molecule is CCOC(=O)C1(N)CCC(Sc2nc(C)c(C)c(C)n2)C1. The summed E-state index contributed by atoms with van der Waals surface area (Å²) in [7, 11) is 0. The van der Waals surface area contributed by atoms with Gasteiger partial charge in [-0.25, -0.2) is 9.97 Å². The van der Waals surface area contributed by atoms with Crippen LogP contribution < -0.4 is 5.73 Å². The zero-order valence-corrected chi connectivity index (χ0v) is 13.9. The van der Waals surface area contributed by atoms with Gasteiger partial charge in [0.15, 0.2) is 5.16 Å². The van der Waals surface area contributed by atoms with E-state index in [1.807, 2.05) is 20.8 Å². The fourth-order valence-electron chi connectivity index (χ4n) is 2.53. The third kappa shape index (κ3) is 3.55. The normalized spacial score (nSPS) is 25.1. The van der Waals surface area contributed by atoms with Crippen LogP contribution in [0.1, 0.15) is 43.1 Å². The molecule has 2 N–H and O–H groups in total. The highest BCUT2D eigenvalue weighted by Gasteiger charge is 2.43. The van der Waals surface area contributed by atoms with E-state index in [0.717, 1.165) is 28.5 Å². The zero-order valence-electron chi connectivity index (χ0n) is 13.1. The van der Waals surface area contributed by atoms with E-state index in [-0.39, 0.29) is 11.2 Å². The van der Waals surface area contributed by atoms with Gasteiger partial charge in [0.25, 0.3) is 0 Å². The Morgan fingerprint density at radius 2 is 2.00 bits per heavy atom. The molecule has 0 aliphatic heterocycles. The number of nitrogens with two attached hydrogens (primary N) is 1. The molecule has 0 radical (unpaired) electrons. The van der Waals surface area contributed by atoms with Crippen molar-refractivity contribution in [1.29, 1.82) is 0 Å². The topological polar surface area (TPSA) is 78.1 Å². The number of aromatic nitrogens is 2. The number of hydrogen-bond donors (Lipinski definition) is 1. The molecule has 0 spiro atoms. The van der Waals surface area contributed by atoms with Crippen molar-refractivity contribution >= 4 is 17.7 Å². The largest absolute Gasteiger partial charge is 0.465 e. The number of aryl methyl sites for hydroxylation is 2. The second kappa shape index (κ2) is 6.32. The molecule has 2 atom stereocenters. The summed E-state index contributed by atoms with van der Waals surface area (Å²) in [5.41, 5.74) is 8.49. The molecule has 0 amide bonds. The Bertz CT molecular complexity index is 527. The number of carbonyl (C=O) groups is 1. The summed E-state index contributed by atoms with van der Waals surface area (Å²) in [6.07, 6.45) is 2.16. The van der Waals surface area contributed by atoms with Crippen LogP contribution in [0.15, 0.2) is 5.16 Å². The fourth-order valence-corrected chi connectivity index (χ4v) is 3.83. The van der Waals surface area contributed by atoms with E-state index in [4.69, 9.17) is 10.5 Å². The van der Waals surface area contributed by atoms with Gasteiger partial charge < -0.3 is 10.5 Å². The van der Waals surface area contributed by atoms with Crippen LogP contribution in [0.4, 0.5) is 0 Å². The first-order chi connectivity index (χ1) is 9.85. The zero-order chi connectivity index (χ0) is 15.6. The van der Waals surface area contributed by atoms with Crippen molar-refractivity contribution in [2.45, 2.75) is 62.9 Å². The van der Waals surface area contributed by atoms with Crippen molar-refractivity contribution in [3.63, 3.8) is 0 Å². The minimum absolute atomic E-state index is 0.265. The predicted octanol–water partition coefficient (Wildman–Crippen LogP) is 2.31. The van der Waals surface area contributed by atoms with Gasteiger partial charge in [-0.1, -0.05) is 11.8 Å². The van der Waals surface area contributed by atoms with Gasteiger partial charge in [-0.05, 0) is 52.5 Å². The molecule has 5 nitrogen and oxygen atoms in total. The van der Waals surface area contributed by atoms with Crippen molar-refractivity contribution in [1.82, 2.24) is 9.97 Å². The number of esters is 1. The van der Waals surface area contributed by atoms with Crippen LogP contribution in [-0.2, 0) is 9.53 Å². The van der Waals surface area contributed by atoms with Gasteiger partial charge in [-0.2, -0.15) is 0 Å². The van der Waals surface area contributed by atoms with Crippen LogP contribution in [0.5, 0.6) is 0 Å². The molecule has 1 aliphatic rings. The summed E-state index contributed by atoms with van der Waals surface area (Å²) in [6, 6.07) is 0. The standard InChI is InChI=1S/C15H23N3O2S/c1-5-20-13(19)15(16)7-6-12(8-15)21-14-17-10(3)9(2)11(4)18-14/h12H,5-8,16H2,1-4H3. The molecule has 1 aromatic heterocycles. The molecular formula is C15H23N3O2S. The number of thioether (sulfide) groups is 1. The highest BCUT2D eigenvalue weighted by Crippen LogP contribution is 2.38. The molecule has 1 fully saturated rings. The quantitative estimate of drug-likeness (QED) is 0.679. The average molecular weight is 309 g/mol. The van der Waals surface area contributed by atoms with E-state index in [1.54, 1.807) is 18.7 Å². The molecule has 1 heterocycles. The molecule has 0 aromatic carbocycles. The minimum atomic E-state index is -0.845. The van der Waals surface area contributed by atoms with Crippen LogP contribution in [0.25, 0.3) is 0 Å². The van der Waals surface area contributed by atoms with Gasteiger partial charge in [0.1, 0.15) is 5.54 Å². The number of hydrogen-bond acceptors (Lipinski definition) is 6. The van der Waals surface area contributed by atoms with E-state index >= 15 is 0 Å². The summed E-state index contributed by atoms with van der Waals surface area (Å²) >= 11 is 1.62. The number of nitrogens with zero attached hydrogens (tertiary/aromatic N) is 2. The van der Waals surface area contributed by atoms with Crippen molar-refractivity contribution in [3.8, 4) is 0 Å². The number of carbonyl (C=O) groups excluding carboxylic acids is 1. The van der Waals surface area contributed by atoms with Gasteiger partial charge in [0.2, 0.25) is 0 Å². The third-order valence-electron chi connectivity index (χ3n) is 4.07. The van der Waals surface area contributed by atoms with Gasteiger partial charge in [-0.15, -0.1) is 0 Å². The summed E-state index contributed by atoms with van der Waals surface area (Å²) in [5, 5.41) is 1.04. The third-order valence-corrected chi connectivity index (χ3v) is 5.20. The Labute approximate surface area is 130 Å². The number of ether oxygens (including phenoxy) is 1. The van der Waals surface area contributed by atoms with Gasteiger partial charge >= 0.3 is 5.97 Å². The molecule has 1 aliphatic carbocycles. The summed E-state index contributed by atoms with van der Waals surface area (Å²) in [5.74, 6) is -0.287. The molecule has 116 valence electrons. The van der Waals surface area contributed by atoms with E-state index in [0.29, 0.717) is 19.4 Å². The highest BCUT2D eigenvalue weighted by atomic mass is 32.2. The lowest BCUT2D eigenvalue weighted by molar-refractivity contribution is -0.149. The maximum Gasteiger partial charge on any atom is 0.326 e. The molecule has 6 heteroatoms. The molecule has 1 aromatic rings. The van der Waals surface area contributed by atoms with Crippen LogP contribution in [0.2, 0.25) is 0 Å². The maximum absolute atomic E-state index is 11.9. The summed E-state index contributed by atoms with van der Waals surface area (Å²) in [6.45, 7) is 8.19. The van der Waals surface area contributed by atoms with Crippen molar-refractivity contribution in [3.05, 3.63) is 17.0 Å². The molecule has 1 saturated carbocycles. The average Bonchev–Trinajstić information content (AvgIpc) is 2.79. The van der Waals surface area contributed by atoms with E-state index < -0.39 is 5.54 Å². The lowest BCUT2D eigenvalue weighted by Crippen LogP contribution is -2.47. The Morgan fingerprint density at radius 3 is 2.57 bits per heavy atom. The monoisotopic (exact) mass is 309 g/mol. The summed E-state index contributed by atoms with van der Waals surface area (Å²) < 4.78 is 5.08. The van der Waals surface area contributed by atoms with E-state index in [1.165, 1.54) is 0 Å². The van der Waals surface area contributed by atoms with Gasteiger partial charge in [0.05, 0.1) is 6.61 Å². The van der Waals surface area contributed by atoms with E-state index in [9.17, 15) is 4.79 Å². The van der Waals surface area contributed by atoms with Crippen molar-refractivity contribution in [2.75, 3.05) is 6.61 Å². The second-order valence-electron chi connectivity index (χ2n) is 5.66. The first kappa shape index (κ1) is 16.2. The van der Waals surface area contributed by atoms with Crippen molar-refractivity contribution in [2.24, 2.45) is 5.73 Å². The number of rotatable bonds is 4.